The largest absolute Gasteiger partial charge is 0.480 e. The van der Waals surface area contributed by atoms with E-state index in [1.807, 2.05) is 12.1 Å². The van der Waals surface area contributed by atoms with E-state index < -0.39 is 17.9 Å². The van der Waals surface area contributed by atoms with Crippen LogP contribution in [0.2, 0.25) is 0 Å². The first-order valence-corrected chi connectivity index (χ1v) is 4.47. The first kappa shape index (κ1) is 13.9. The third kappa shape index (κ3) is 5.58. The molecule has 0 spiro atoms. The molecule has 7 nitrogen and oxygen atoms in total. The highest BCUT2D eigenvalue weighted by Crippen LogP contribution is 1.93. The summed E-state index contributed by atoms with van der Waals surface area (Å²) in [5.41, 5.74) is 0. The summed E-state index contributed by atoms with van der Waals surface area (Å²) in [6, 6.07) is 2.53. The molecule has 1 unspecified atom stereocenters. The summed E-state index contributed by atoms with van der Waals surface area (Å²) >= 11 is 0. The van der Waals surface area contributed by atoms with Gasteiger partial charge in [-0.2, -0.15) is 10.5 Å². The van der Waals surface area contributed by atoms with E-state index in [1.165, 1.54) is 11.8 Å². The maximum Gasteiger partial charge on any atom is 0.327 e. The summed E-state index contributed by atoms with van der Waals surface area (Å²) in [4.78, 5) is 22.8. The van der Waals surface area contributed by atoms with Crippen LogP contribution >= 0.6 is 0 Å². The second-order valence-electron chi connectivity index (χ2n) is 3.08. The van der Waals surface area contributed by atoms with Crippen LogP contribution in [0, 0.1) is 22.7 Å². The van der Waals surface area contributed by atoms with Crippen molar-refractivity contribution in [3.63, 3.8) is 0 Å². The van der Waals surface area contributed by atoms with Crippen molar-refractivity contribution >= 4 is 11.9 Å². The molecular formula is C9H12N4O3. The summed E-state index contributed by atoms with van der Waals surface area (Å²) in [6.07, 6.45) is 0. The minimum Gasteiger partial charge on any atom is -0.480 e. The van der Waals surface area contributed by atoms with Crippen LogP contribution in [0.3, 0.4) is 0 Å². The van der Waals surface area contributed by atoms with E-state index >= 15 is 0 Å². The first-order valence-electron chi connectivity index (χ1n) is 4.47. The van der Waals surface area contributed by atoms with E-state index in [0.717, 1.165) is 0 Å². The number of aliphatic carboxylic acids is 1. The maximum absolute atomic E-state index is 10.8. The normalized spacial score (nSPS) is 11.2. The predicted molar refractivity (Wildman–Crippen MR) is 52.9 cm³/mol. The number of carboxylic acids is 1. The number of nitrogens with one attached hydrogen (secondary N) is 1. The van der Waals surface area contributed by atoms with Crippen LogP contribution < -0.4 is 5.32 Å². The monoisotopic (exact) mass is 224 g/mol. The Morgan fingerprint density at radius 2 is 1.88 bits per heavy atom. The average molecular weight is 224 g/mol. The highest BCUT2D eigenvalue weighted by Gasteiger charge is 2.21. The lowest BCUT2D eigenvalue weighted by atomic mass is 10.2. The second kappa shape index (κ2) is 7.21. The molecule has 0 aromatic rings. The highest BCUT2D eigenvalue weighted by atomic mass is 16.4. The number of nitrogens with zero attached hydrogens (tertiary/aromatic N) is 3. The van der Waals surface area contributed by atoms with E-state index in [1.54, 1.807) is 0 Å². The zero-order valence-electron chi connectivity index (χ0n) is 8.80. The standard InChI is InChI=1S/C9H12N4O3/c1-7(14)12-8(9(15)16)6-13(4-2-10)5-3-11/h8H,4-6H2,1H3,(H,12,14)(H,15,16). The lowest BCUT2D eigenvalue weighted by Gasteiger charge is -2.20. The maximum atomic E-state index is 10.8. The summed E-state index contributed by atoms with van der Waals surface area (Å²) < 4.78 is 0. The van der Waals surface area contributed by atoms with Gasteiger partial charge in [-0.05, 0) is 0 Å². The number of carbonyl (C=O) groups excluding carboxylic acids is 1. The van der Waals surface area contributed by atoms with Crippen molar-refractivity contribution in [2.45, 2.75) is 13.0 Å². The Hall–Kier alpha value is -2.12. The van der Waals surface area contributed by atoms with Crippen LogP contribution in [0.5, 0.6) is 0 Å². The number of amides is 1. The van der Waals surface area contributed by atoms with Crippen LogP contribution in [-0.2, 0) is 9.59 Å². The Kier molecular flexibility index (Phi) is 6.25. The Morgan fingerprint density at radius 1 is 1.38 bits per heavy atom. The molecule has 0 saturated heterocycles. The Bertz CT molecular complexity index is 326. The third-order valence-corrected chi connectivity index (χ3v) is 1.70. The third-order valence-electron chi connectivity index (χ3n) is 1.70. The number of hydrogen-bond acceptors (Lipinski definition) is 5. The summed E-state index contributed by atoms with van der Waals surface area (Å²) in [7, 11) is 0. The lowest BCUT2D eigenvalue weighted by molar-refractivity contribution is -0.142. The SMILES string of the molecule is CC(=O)NC(CN(CC#N)CC#N)C(=O)O. The van der Waals surface area contributed by atoms with Gasteiger partial charge in [-0.15, -0.1) is 0 Å². The van der Waals surface area contributed by atoms with Gasteiger partial charge in [-0.25, -0.2) is 4.79 Å². The molecule has 2 N–H and O–H groups in total. The van der Waals surface area contributed by atoms with Gasteiger partial charge in [-0.1, -0.05) is 0 Å². The molecule has 0 rings (SSSR count). The van der Waals surface area contributed by atoms with Crippen molar-refractivity contribution in [3.05, 3.63) is 0 Å². The zero-order valence-corrected chi connectivity index (χ0v) is 8.80. The molecule has 0 aliphatic rings. The summed E-state index contributed by atoms with van der Waals surface area (Å²) in [6.45, 7) is 1.01. The predicted octanol–water partition coefficient (Wildman–Crippen LogP) is -1.08. The zero-order chi connectivity index (χ0) is 12.6. The lowest BCUT2D eigenvalue weighted by Crippen LogP contribution is -2.48. The molecular weight excluding hydrogens is 212 g/mol. The Morgan fingerprint density at radius 3 is 2.19 bits per heavy atom. The second-order valence-corrected chi connectivity index (χ2v) is 3.08. The number of rotatable bonds is 6. The van der Waals surface area contributed by atoms with Crippen molar-refractivity contribution in [1.82, 2.24) is 10.2 Å². The van der Waals surface area contributed by atoms with E-state index in [0.29, 0.717) is 0 Å². The van der Waals surface area contributed by atoms with Crippen LogP contribution in [0.4, 0.5) is 0 Å². The number of carboxylic acid groups (broad SMARTS) is 1. The van der Waals surface area contributed by atoms with E-state index in [4.69, 9.17) is 15.6 Å². The Balaban J connectivity index is 4.46. The molecule has 1 amide bonds. The van der Waals surface area contributed by atoms with Crippen LogP contribution in [0.15, 0.2) is 0 Å². The molecule has 1 atom stereocenters. The van der Waals surface area contributed by atoms with E-state index in [9.17, 15) is 9.59 Å². The molecule has 0 aromatic carbocycles. The minimum atomic E-state index is -1.20. The fourth-order valence-electron chi connectivity index (χ4n) is 1.07. The molecule has 0 fully saturated rings. The van der Waals surface area contributed by atoms with Crippen LogP contribution in [0.25, 0.3) is 0 Å². The molecule has 16 heavy (non-hydrogen) atoms. The van der Waals surface area contributed by atoms with Gasteiger partial charge < -0.3 is 10.4 Å². The van der Waals surface area contributed by atoms with Crippen molar-refractivity contribution in [2.24, 2.45) is 0 Å². The van der Waals surface area contributed by atoms with Crippen LogP contribution in [-0.4, -0.2) is 47.6 Å². The molecule has 0 bridgehead atoms. The van der Waals surface area contributed by atoms with Crippen molar-refractivity contribution in [2.75, 3.05) is 19.6 Å². The number of hydrogen-bond donors (Lipinski definition) is 2. The van der Waals surface area contributed by atoms with Crippen molar-refractivity contribution in [3.8, 4) is 12.1 Å². The fourth-order valence-corrected chi connectivity index (χ4v) is 1.07. The molecule has 0 saturated carbocycles. The fraction of sp³-hybridized carbons (Fsp3) is 0.556. The van der Waals surface area contributed by atoms with Gasteiger partial charge in [0.25, 0.3) is 0 Å². The molecule has 86 valence electrons. The molecule has 7 heteroatoms. The molecule has 0 aliphatic heterocycles. The van der Waals surface area contributed by atoms with Crippen molar-refractivity contribution in [1.29, 1.82) is 10.5 Å². The average Bonchev–Trinajstić information content (AvgIpc) is 2.16. The quantitative estimate of drug-likeness (QED) is 0.554. The van der Waals surface area contributed by atoms with Gasteiger partial charge in [0.1, 0.15) is 6.04 Å². The summed E-state index contributed by atoms with van der Waals surface area (Å²) in [5, 5.41) is 27.9. The minimum absolute atomic E-state index is 0.0586. The van der Waals surface area contributed by atoms with Crippen molar-refractivity contribution < 1.29 is 14.7 Å². The first-order chi connectivity index (χ1) is 7.51. The Labute approximate surface area is 92.9 Å². The van der Waals surface area contributed by atoms with E-state index in [-0.39, 0.29) is 19.6 Å². The smallest absolute Gasteiger partial charge is 0.327 e. The topological polar surface area (TPSA) is 117 Å². The molecule has 0 aromatic heterocycles. The number of nitriles is 2. The van der Waals surface area contributed by atoms with Gasteiger partial charge in [0.15, 0.2) is 0 Å². The van der Waals surface area contributed by atoms with E-state index in [2.05, 4.69) is 5.32 Å². The van der Waals surface area contributed by atoms with Gasteiger partial charge in [-0.3, -0.25) is 9.69 Å². The van der Waals surface area contributed by atoms with Gasteiger partial charge in [0, 0.05) is 13.5 Å². The molecule has 0 radical (unpaired) electrons. The molecule has 0 heterocycles. The number of carbonyl (C=O) groups is 2. The van der Waals surface area contributed by atoms with Crippen LogP contribution in [0.1, 0.15) is 6.92 Å². The molecule has 0 aliphatic carbocycles. The summed E-state index contributed by atoms with van der Waals surface area (Å²) in [5.74, 6) is -1.67. The highest BCUT2D eigenvalue weighted by molar-refractivity contribution is 5.82. The van der Waals surface area contributed by atoms with Gasteiger partial charge in [0.05, 0.1) is 25.2 Å². The van der Waals surface area contributed by atoms with Gasteiger partial charge in [0.2, 0.25) is 5.91 Å². The van der Waals surface area contributed by atoms with Gasteiger partial charge >= 0.3 is 5.97 Å².